The molecule has 0 fully saturated rings. The standard InChI is InChI=1S/C11H17N5O3/c1-4-6(5-17)12-10-13-7-8(14-10)15(2)11(19)16(3)9(7)18/h6,17H,4-5H2,1-3H3,(H2,12,13,14). The number of aromatic nitrogens is 4. The summed E-state index contributed by atoms with van der Waals surface area (Å²) in [7, 11) is 2.97. The van der Waals surface area contributed by atoms with Gasteiger partial charge < -0.3 is 15.4 Å². The van der Waals surface area contributed by atoms with Crippen molar-refractivity contribution in [1.29, 1.82) is 0 Å². The lowest BCUT2D eigenvalue weighted by Gasteiger charge is -2.11. The molecule has 0 spiro atoms. The minimum absolute atomic E-state index is 0.0372. The fourth-order valence-corrected chi connectivity index (χ4v) is 1.86. The van der Waals surface area contributed by atoms with Crippen molar-refractivity contribution in [3.05, 3.63) is 20.8 Å². The van der Waals surface area contributed by atoms with Gasteiger partial charge in [0, 0.05) is 14.1 Å². The van der Waals surface area contributed by atoms with Crippen molar-refractivity contribution in [3.8, 4) is 0 Å². The Balaban J connectivity index is 2.58. The summed E-state index contributed by atoms with van der Waals surface area (Å²) in [5.74, 6) is 0.370. The van der Waals surface area contributed by atoms with Crippen LogP contribution in [0.1, 0.15) is 13.3 Å². The third-order valence-electron chi connectivity index (χ3n) is 3.15. The van der Waals surface area contributed by atoms with E-state index >= 15 is 0 Å². The number of nitrogens with zero attached hydrogens (tertiary/aromatic N) is 3. The molecule has 2 rings (SSSR count). The Labute approximate surface area is 108 Å². The molecule has 0 aromatic carbocycles. The Morgan fingerprint density at radius 2 is 2.05 bits per heavy atom. The fraction of sp³-hybridized carbons (Fsp3) is 0.545. The number of aliphatic hydroxyl groups excluding tert-OH is 1. The van der Waals surface area contributed by atoms with Crippen LogP contribution in [0.25, 0.3) is 11.2 Å². The summed E-state index contributed by atoms with van der Waals surface area (Å²) in [5, 5.41) is 12.1. The Kier molecular flexibility index (Phi) is 3.43. The highest BCUT2D eigenvalue weighted by molar-refractivity contribution is 5.72. The first-order valence-electron chi connectivity index (χ1n) is 6.02. The number of anilines is 1. The van der Waals surface area contributed by atoms with Crippen LogP contribution in [-0.2, 0) is 14.1 Å². The van der Waals surface area contributed by atoms with Crippen molar-refractivity contribution in [3.63, 3.8) is 0 Å². The maximum absolute atomic E-state index is 11.9. The summed E-state index contributed by atoms with van der Waals surface area (Å²) in [4.78, 5) is 30.7. The van der Waals surface area contributed by atoms with E-state index in [1.54, 1.807) is 7.05 Å². The zero-order valence-corrected chi connectivity index (χ0v) is 11.1. The summed E-state index contributed by atoms with van der Waals surface area (Å²) in [6, 6.07) is -0.151. The molecule has 0 aliphatic carbocycles. The van der Waals surface area contributed by atoms with E-state index in [4.69, 9.17) is 5.11 Å². The molecule has 1 atom stereocenters. The predicted octanol–water partition coefficient (Wildman–Crippen LogP) is -0.857. The van der Waals surface area contributed by atoms with Crippen LogP contribution < -0.4 is 16.6 Å². The van der Waals surface area contributed by atoms with Crippen molar-refractivity contribution in [2.24, 2.45) is 14.1 Å². The molecule has 2 aromatic rings. The van der Waals surface area contributed by atoms with E-state index in [9.17, 15) is 9.59 Å². The molecule has 8 heteroatoms. The van der Waals surface area contributed by atoms with Crippen LogP contribution in [0.15, 0.2) is 9.59 Å². The lowest BCUT2D eigenvalue weighted by atomic mass is 10.2. The largest absolute Gasteiger partial charge is 0.394 e. The Morgan fingerprint density at radius 1 is 1.37 bits per heavy atom. The minimum Gasteiger partial charge on any atom is -0.394 e. The SMILES string of the molecule is CCC(CO)Nc1nc2c([nH]1)c(=O)n(C)c(=O)n2C. The lowest BCUT2D eigenvalue weighted by Crippen LogP contribution is -2.36. The second-order valence-corrected chi connectivity index (χ2v) is 4.42. The highest BCUT2D eigenvalue weighted by atomic mass is 16.3. The van der Waals surface area contributed by atoms with E-state index in [1.807, 2.05) is 6.92 Å². The Bertz CT molecular complexity index is 707. The number of aryl methyl sites for hydroxylation is 1. The third-order valence-corrected chi connectivity index (χ3v) is 3.15. The van der Waals surface area contributed by atoms with Crippen LogP contribution in [0.3, 0.4) is 0 Å². The van der Waals surface area contributed by atoms with Gasteiger partial charge in [-0.1, -0.05) is 6.92 Å². The zero-order chi connectivity index (χ0) is 14.2. The van der Waals surface area contributed by atoms with Crippen LogP contribution in [0.2, 0.25) is 0 Å². The van der Waals surface area contributed by atoms with E-state index in [0.29, 0.717) is 18.0 Å². The summed E-state index contributed by atoms with van der Waals surface area (Å²) in [6.45, 7) is 1.88. The van der Waals surface area contributed by atoms with Gasteiger partial charge in [0.05, 0.1) is 12.6 Å². The van der Waals surface area contributed by atoms with Gasteiger partial charge in [-0.3, -0.25) is 13.9 Å². The quantitative estimate of drug-likeness (QED) is 0.669. The maximum Gasteiger partial charge on any atom is 0.332 e. The number of imidazole rings is 1. The molecule has 104 valence electrons. The number of hydrogen-bond acceptors (Lipinski definition) is 5. The first kappa shape index (κ1) is 13.3. The smallest absolute Gasteiger partial charge is 0.332 e. The molecule has 1 unspecified atom stereocenters. The van der Waals surface area contributed by atoms with Crippen molar-refractivity contribution in [2.75, 3.05) is 11.9 Å². The normalized spacial score (nSPS) is 12.8. The number of aliphatic hydroxyl groups is 1. The zero-order valence-electron chi connectivity index (χ0n) is 11.1. The fourth-order valence-electron chi connectivity index (χ4n) is 1.86. The van der Waals surface area contributed by atoms with Gasteiger partial charge in [0.25, 0.3) is 5.56 Å². The van der Waals surface area contributed by atoms with Crippen LogP contribution in [0.4, 0.5) is 5.95 Å². The van der Waals surface area contributed by atoms with Gasteiger partial charge in [-0.05, 0) is 6.42 Å². The Morgan fingerprint density at radius 3 is 2.63 bits per heavy atom. The van der Waals surface area contributed by atoms with E-state index < -0.39 is 11.2 Å². The molecule has 0 amide bonds. The predicted molar refractivity (Wildman–Crippen MR) is 71.4 cm³/mol. The first-order chi connectivity index (χ1) is 8.99. The van der Waals surface area contributed by atoms with Gasteiger partial charge in [0.2, 0.25) is 5.95 Å². The van der Waals surface area contributed by atoms with Crippen molar-refractivity contribution < 1.29 is 5.11 Å². The van der Waals surface area contributed by atoms with E-state index in [1.165, 1.54) is 11.6 Å². The van der Waals surface area contributed by atoms with Crippen LogP contribution in [0, 0.1) is 0 Å². The van der Waals surface area contributed by atoms with Crippen LogP contribution in [-0.4, -0.2) is 36.9 Å². The first-order valence-corrected chi connectivity index (χ1v) is 6.02. The van der Waals surface area contributed by atoms with Gasteiger partial charge in [-0.2, -0.15) is 4.98 Å². The van der Waals surface area contributed by atoms with Gasteiger partial charge in [-0.15, -0.1) is 0 Å². The van der Waals surface area contributed by atoms with E-state index in [2.05, 4.69) is 15.3 Å². The highest BCUT2D eigenvalue weighted by Gasteiger charge is 2.14. The summed E-state index contributed by atoms with van der Waals surface area (Å²) in [6.07, 6.45) is 0.713. The molecule has 0 aliphatic heterocycles. The second-order valence-electron chi connectivity index (χ2n) is 4.42. The molecular formula is C11H17N5O3. The van der Waals surface area contributed by atoms with Crippen LogP contribution >= 0.6 is 0 Å². The van der Waals surface area contributed by atoms with Gasteiger partial charge in [0.15, 0.2) is 11.2 Å². The van der Waals surface area contributed by atoms with Crippen molar-refractivity contribution >= 4 is 17.1 Å². The highest BCUT2D eigenvalue weighted by Crippen LogP contribution is 2.10. The molecule has 19 heavy (non-hydrogen) atoms. The topological polar surface area (TPSA) is 105 Å². The number of rotatable bonds is 4. The molecular weight excluding hydrogens is 250 g/mol. The van der Waals surface area contributed by atoms with Gasteiger partial charge in [-0.25, -0.2) is 4.79 Å². The molecule has 0 aliphatic rings. The van der Waals surface area contributed by atoms with Gasteiger partial charge >= 0.3 is 5.69 Å². The van der Waals surface area contributed by atoms with Crippen molar-refractivity contribution in [1.82, 2.24) is 19.1 Å². The number of H-pyrrole nitrogens is 1. The molecule has 0 radical (unpaired) electrons. The number of hydrogen-bond donors (Lipinski definition) is 3. The number of aromatic amines is 1. The molecule has 0 saturated carbocycles. The number of fused-ring (bicyclic) bond motifs is 1. The molecule has 8 nitrogen and oxygen atoms in total. The minimum atomic E-state index is -0.426. The summed E-state index contributed by atoms with van der Waals surface area (Å²) < 4.78 is 2.33. The summed E-state index contributed by atoms with van der Waals surface area (Å²) in [5.41, 5.74) is -0.288. The lowest BCUT2D eigenvalue weighted by molar-refractivity contribution is 0.271. The van der Waals surface area contributed by atoms with E-state index in [-0.39, 0.29) is 18.2 Å². The second kappa shape index (κ2) is 4.88. The van der Waals surface area contributed by atoms with Crippen LogP contribution in [0.5, 0.6) is 0 Å². The summed E-state index contributed by atoms with van der Waals surface area (Å²) >= 11 is 0. The molecule has 0 bridgehead atoms. The molecule has 2 heterocycles. The molecule has 3 N–H and O–H groups in total. The monoisotopic (exact) mass is 267 g/mol. The van der Waals surface area contributed by atoms with E-state index in [0.717, 1.165) is 4.57 Å². The average Bonchev–Trinajstić information content (AvgIpc) is 2.84. The molecule has 0 saturated heterocycles. The average molecular weight is 267 g/mol. The molecule has 2 aromatic heterocycles. The van der Waals surface area contributed by atoms with Crippen molar-refractivity contribution in [2.45, 2.75) is 19.4 Å². The maximum atomic E-state index is 11.9. The number of nitrogens with one attached hydrogen (secondary N) is 2. The Hall–Kier alpha value is -2.09. The van der Waals surface area contributed by atoms with Gasteiger partial charge in [0.1, 0.15) is 0 Å². The third kappa shape index (κ3) is 2.14.